The second-order valence-electron chi connectivity index (χ2n) is 8.51. The maximum Gasteiger partial charge on any atom is 0.407 e. The normalized spacial score (nSPS) is 19.2. The van der Waals surface area contributed by atoms with E-state index in [0.29, 0.717) is 23.7 Å². The van der Waals surface area contributed by atoms with Gasteiger partial charge in [0.2, 0.25) is 0 Å². The number of pyridine rings is 1. The van der Waals surface area contributed by atoms with Gasteiger partial charge in [-0.3, -0.25) is 0 Å². The van der Waals surface area contributed by atoms with Crippen LogP contribution in [-0.2, 0) is 27.4 Å². The second kappa shape index (κ2) is 13.3. The zero-order valence-electron chi connectivity index (χ0n) is 20.3. The van der Waals surface area contributed by atoms with Crippen molar-refractivity contribution in [1.29, 1.82) is 0 Å². The number of rotatable bonds is 10. The number of amides is 1. The van der Waals surface area contributed by atoms with Crippen molar-refractivity contribution in [1.82, 2.24) is 5.32 Å². The molecule has 0 spiro atoms. The number of alkyl carbamates (subject to hydrolysis) is 1. The molecule has 4 rings (SSSR count). The number of hydrogen-bond acceptors (Lipinski definition) is 7. The van der Waals surface area contributed by atoms with E-state index < -0.39 is 12.4 Å². The minimum absolute atomic E-state index is 0.0176. The zero-order chi connectivity index (χ0) is 26.0. The Balaban J connectivity index is 1.46. The van der Waals surface area contributed by atoms with Crippen LogP contribution in [-0.4, -0.2) is 29.7 Å². The SMILES string of the molecule is C=CCOC(=O)NCc1ccc([C@@H]2O[C@H](CSc3cccc[n+]3[O-])C[C@H](c3ccc(CO)cc3)O2)cc1. The first kappa shape index (κ1) is 26.7. The van der Waals surface area contributed by atoms with Crippen molar-refractivity contribution in [2.75, 3.05) is 12.4 Å². The molecule has 0 bridgehead atoms. The summed E-state index contributed by atoms with van der Waals surface area (Å²) in [5.41, 5.74) is 3.59. The van der Waals surface area contributed by atoms with Gasteiger partial charge in [-0.1, -0.05) is 72.9 Å². The van der Waals surface area contributed by atoms with Crippen LogP contribution in [0, 0.1) is 5.21 Å². The Labute approximate surface area is 220 Å². The van der Waals surface area contributed by atoms with E-state index in [-0.39, 0.29) is 25.4 Å². The van der Waals surface area contributed by atoms with Gasteiger partial charge < -0.3 is 29.8 Å². The Morgan fingerprint density at radius 1 is 1.11 bits per heavy atom. The molecule has 0 aliphatic carbocycles. The molecule has 2 heterocycles. The van der Waals surface area contributed by atoms with E-state index in [1.807, 2.05) is 54.6 Å². The molecule has 8 nitrogen and oxygen atoms in total. The molecule has 1 saturated heterocycles. The number of carbonyl (C=O) groups excluding carboxylic acids is 1. The monoisotopic (exact) mass is 522 g/mol. The lowest BCUT2D eigenvalue weighted by Gasteiger charge is -2.36. The van der Waals surface area contributed by atoms with Crippen LogP contribution >= 0.6 is 11.8 Å². The number of aromatic nitrogens is 1. The number of nitrogens with zero attached hydrogens (tertiary/aromatic N) is 1. The molecule has 194 valence electrons. The van der Waals surface area contributed by atoms with E-state index in [9.17, 15) is 15.1 Å². The van der Waals surface area contributed by atoms with E-state index in [4.69, 9.17) is 14.2 Å². The summed E-state index contributed by atoms with van der Waals surface area (Å²) in [5.74, 6) is 0.589. The number of ether oxygens (including phenoxy) is 3. The highest BCUT2D eigenvalue weighted by Gasteiger charge is 2.32. The minimum atomic E-state index is -0.600. The maximum atomic E-state index is 12.1. The van der Waals surface area contributed by atoms with Crippen molar-refractivity contribution >= 4 is 17.9 Å². The first-order valence-corrected chi connectivity index (χ1v) is 13.0. The van der Waals surface area contributed by atoms with Gasteiger partial charge in [0.05, 0.1) is 18.8 Å². The largest absolute Gasteiger partial charge is 0.618 e. The van der Waals surface area contributed by atoms with Crippen LogP contribution in [0.25, 0.3) is 0 Å². The molecule has 1 aromatic heterocycles. The molecule has 0 saturated carbocycles. The average molecular weight is 523 g/mol. The van der Waals surface area contributed by atoms with Crippen LogP contribution in [0.5, 0.6) is 0 Å². The quantitative estimate of drug-likeness (QED) is 0.174. The van der Waals surface area contributed by atoms with Crippen LogP contribution in [0.4, 0.5) is 4.79 Å². The molecular weight excluding hydrogens is 492 g/mol. The minimum Gasteiger partial charge on any atom is -0.618 e. The van der Waals surface area contributed by atoms with Crippen molar-refractivity contribution in [2.24, 2.45) is 0 Å². The molecule has 0 unspecified atom stereocenters. The first-order chi connectivity index (χ1) is 18.1. The maximum absolute atomic E-state index is 12.1. The lowest BCUT2D eigenvalue weighted by molar-refractivity contribution is -0.645. The highest BCUT2D eigenvalue weighted by atomic mass is 32.2. The van der Waals surface area contributed by atoms with E-state index in [1.165, 1.54) is 24.0 Å². The third kappa shape index (κ3) is 7.56. The van der Waals surface area contributed by atoms with E-state index in [2.05, 4.69) is 11.9 Å². The molecule has 3 aromatic rings. The molecule has 1 aliphatic rings. The number of hydrogen-bond donors (Lipinski definition) is 2. The molecular formula is C28H30N2O6S. The van der Waals surface area contributed by atoms with Gasteiger partial charge in [-0.25, -0.2) is 4.79 Å². The molecule has 1 fully saturated rings. The fourth-order valence-electron chi connectivity index (χ4n) is 3.88. The third-order valence-corrected chi connectivity index (χ3v) is 6.99. The summed E-state index contributed by atoms with van der Waals surface area (Å²) < 4.78 is 18.5. The van der Waals surface area contributed by atoms with Crippen LogP contribution in [0.2, 0.25) is 0 Å². The Morgan fingerprint density at radius 3 is 2.54 bits per heavy atom. The van der Waals surface area contributed by atoms with E-state index in [1.54, 1.807) is 12.1 Å². The molecule has 2 aromatic carbocycles. The third-order valence-electron chi connectivity index (χ3n) is 5.84. The predicted molar refractivity (Wildman–Crippen MR) is 139 cm³/mol. The topological polar surface area (TPSA) is 104 Å². The number of nitrogens with one attached hydrogen (secondary N) is 1. The number of benzene rings is 2. The van der Waals surface area contributed by atoms with Crippen molar-refractivity contribution in [3.8, 4) is 0 Å². The van der Waals surface area contributed by atoms with Crippen molar-refractivity contribution < 1.29 is 28.8 Å². The second-order valence-corrected chi connectivity index (χ2v) is 9.55. The Hall–Kier alpha value is -3.37. The fraction of sp³-hybridized carbons (Fsp3) is 0.286. The molecule has 1 amide bonds. The van der Waals surface area contributed by atoms with Crippen molar-refractivity contribution in [3.63, 3.8) is 0 Å². The summed E-state index contributed by atoms with van der Waals surface area (Å²) in [4.78, 5) is 11.7. The Kier molecular flexibility index (Phi) is 9.56. The molecule has 1 aliphatic heterocycles. The van der Waals surface area contributed by atoms with Gasteiger partial charge in [-0.05, 0) is 22.8 Å². The van der Waals surface area contributed by atoms with Gasteiger partial charge in [-0.15, -0.1) is 0 Å². The van der Waals surface area contributed by atoms with Crippen molar-refractivity contribution in [2.45, 2.75) is 43.1 Å². The van der Waals surface area contributed by atoms with E-state index >= 15 is 0 Å². The van der Waals surface area contributed by atoms with Gasteiger partial charge in [0, 0.05) is 36.4 Å². The summed E-state index contributed by atoms with van der Waals surface area (Å²) in [6.07, 6.45) is 2.14. The van der Waals surface area contributed by atoms with Gasteiger partial charge >= 0.3 is 6.09 Å². The van der Waals surface area contributed by atoms with E-state index in [0.717, 1.165) is 27.0 Å². The van der Waals surface area contributed by atoms with Crippen LogP contribution < -0.4 is 10.0 Å². The molecule has 37 heavy (non-hydrogen) atoms. The van der Waals surface area contributed by atoms with Crippen LogP contribution in [0.15, 0.2) is 90.6 Å². The van der Waals surface area contributed by atoms with Gasteiger partial charge in [-0.2, -0.15) is 4.73 Å². The van der Waals surface area contributed by atoms with Crippen LogP contribution in [0.3, 0.4) is 0 Å². The van der Waals surface area contributed by atoms with Gasteiger partial charge in [0.25, 0.3) is 5.03 Å². The van der Waals surface area contributed by atoms with Crippen molar-refractivity contribution in [3.05, 3.63) is 113 Å². The highest BCUT2D eigenvalue weighted by Crippen LogP contribution is 2.39. The number of thioether (sulfide) groups is 1. The summed E-state index contributed by atoms with van der Waals surface area (Å²) >= 11 is 1.45. The summed E-state index contributed by atoms with van der Waals surface area (Å²) in [7, 11) is 0. The van der Waals surface area contributed by atoms with Gasteiger partial charge in [0.15, 0.2) is 12.5 Å². The lowest BCUT2D eigenvalue weighted by atomic mass is 10.0. The standard InChI is InChI=1S/C28H30N2O6S/c1-2-15-34-28(32)29-17-20-6-12-23(13-7-20)27-35-24(19-37-26-5-3-4-14-30(26)33)16-25(36-27)22-10-8-21(18-31)9-11-22/h2-14,24-25,27,31H,1,15-19H2,(H,29,32)/t24-,25+,27+/m0/s1. The predicted octanol–water partition coefficient (Wildman–Crippen LogP) is 4.56. The molecule has 3 atom stereocenters. The first-order valence-electron chi connectivity index (χ1n) is 12.0. The molecule has 0 radical (unpaired) electrons. The summed E-state index contributed by atoms with van der Waals surface area (Å²) in [5, 5.41) is 24.8. The summed E-state index contributed by atoms with van der Waals surface area (Å²) in [6, 6.07) is 20.7. The van der Waals surface area contributed by atoms with Gasteiger partial charge in [0.1, 0.15) is 6.61 Å². The smallest absolute Gasteiger partial charge is 0.407 e. The molecule has 9 heteroatoms. The Bertz CT molecular complexity index is 1170. The number of carbonyl (C=O) groups is 1. The number of aliphatic hydroxyl groups excluding tert-OH is 1. The fourth-order valence-corrected chi connectivity index (χ4v) is 4.81. The van der Waals surface area contributed by atoms with Crippen LogP contribution in [0.1, 0.15) is 41.1 Å². The number of aliphatic hydroxyl groups is 1. The Morgan fingerprint density at radius 2 is 1.84 bits per heavy atom. The summed E-state index contributed by atoms with van der Waals surface area (Å²) in [6.45, 7) is 3.98. The highest BCUT2D eigenvalue weighted by molar-refractivity contribution is 7.99. The molecule has 2 N–H and O–H groups in total. The average Bonchev–Trinajstić information content (AvgIpc) is 2.94. The lowest BCUT2D eigenvalue weighted by Crippen LogP contribution is -2.32. The zero-order valence-corrected chi connectivity index (χ0v) is 21.1.